The van der Waals surface area contributed by atoms with Crippen molar-refractivity contribution in [2.24, 2.45) is 5.41 Å². The number of carbonyl (C=O) groups is 2. The Morgan fingerprint density at radius 1 is 1.42 bits per heavy atom. The molecule has 0 aliphatic heterocycles. The molecular formula is C13H15BrFNO3. The summed E-state index contributed by atoms with van der Waals surface area (Å²) in [7, 11) is 0. The first-order valence-corrected chi connectivity index (χ1v) is 6.50. The zero-order valence-electron chi connectivity index (χ0n) is 10.7. The fraction of sp³-hybridized carbons (Fsp3) is 0.385. The monoisotopic (exact) mass is 331 g/mol. The van der Waals surface area contributed by atoms with Gasteiger partial charge in [0.25, 0.3) is 5.91 Å². The van der Waals surface area contributed by atoms with Crippen LogP contribution in [0, 0.1) is 11.2 Å². The van der Waals surface area contributed by atoms with Gasteiger partial charge in [0.05, 0.1) is 9.89 Å². The molecule has 0 unspecified atom stereocenters. The van der Waals surface area contributed by atoms with Crippen LogP contribution < -0.4 is 5.32 Å². The summed E-state index contributed by atoms with van der Waals surface area (Å²) in [6.45, 7) is 3.43. The van der Waals surface area contributed by atoms with Crippen LogP contribution in [0.3, 0.4) is 0 Å². The van der Waals surface area contributed by atoms with Crippen molar-refractivity contribution in [3.05, 3.63) is 34.1 Å². The molecule has 1 rings (SSSR count). The molecule has 0 atom stereocenters. The highest BCUT2D eigenvalue weighted by atomic mass is 79.9. The topological polar surface area (TPSA) is 66.4 Å². The summed E-state index contributed by atoms with van der Waals surface area (Å²) >= 11 is 3.00. The predicted molar refractivity (Wildman–Crippen MR) is 72.5 cm³/mol. The summed E-state index contributed by atoms with van der Waals surface area (Å²) in [5, 5.41) is 11.5. The Labute approximate surface area is 119 Å². The van der Waals surface area contributed by atoms with Gasteiger partial charge in [0.2, 0.25) is 0 Å². The second-order valence-electron chi connectivity index (χ2n) is 4.82. The Morgan fingerprint density at radius 3 is 2.58 bits per heavy atom. The number of benzene rings is 1. The van der Waals surface area contributed by atoms with E-state index < -0.39 is 17.2 Å². The van der Waals surface area contributed by atoms with E-state index in [9.17, 15) is 14.0 Å². The van der Waals surface area contributed by atoms with Gasteiger partial charge < -0.3 is 10.4 Å². The van der Waals surface area contributed by atoms with E-state index in [0.29, 0.717) is 12.0 Å². The average molecular weight is 332 g/mol. The van der Waals surface area contributed by atoms with Gasteiger partial charge in [-0.1, -0.05) is 0 Å². The highest BCUT2D eigenvalue weighted by molar-refractivity contribution is 9.10. The van der Waals surface area contributed by atoms with Crippen LogP contribution in [-0.2, 0) is 4.79 Å². The molecule has 0 heterocycles. The smallest absolute Gasteiger partial charge is 0.309 e. The van der Waals surface area contributed by atoms with Crippen LogP contribution >= 0.6 is 15.9 Å². The second kappa shape index (κ2) is 6.14. The summed E-state index contributed by atoms with van der Waals surface area (Å²) in [5.41, 5.74) is -0.571. The number of hydrogen-bond donors (Lipinski definition) is 2. The zero-order valence-corrected chi connectivity index (χ0v) is 12.3. The van der Waals surface area contributed by atoms with Crippen LogP contribution in [0.1, 0.15) is 30.6 Å². The normalized spacial score (nSPS) is 11.2. The molecule has 0 spiro atoms. The van der Waals surface area contributed by atoms with Crippen LogP contribution in [0.4, 0.5) is 4.39 Å². The van der Waals surface area contributed by atoms with Crippen LogP contribution in [0.25, 0.3) is 0 Å². The number of halogens is 2. The molecule has 0 aliphatic rings. The van der Waals surface area contributed by atoms with E-state index in [-0.39, 0.29) is 16.9 Å². The summed E-state index contributed by atoms with van der Waals surface area (Å²) in [5.74, 6) is -1.71. The Balaban J connectivity index is 2.57. The average Bonchev–Trinajstić information content (AvgIpc) is 2.32. The van der Waals surface area contributed by atoms with Crippen LogP contribution in [-0.4, -0.2) is 23.5 Å². The van der Waals surface area contributed by atoms with E-state index in [0.717, 1.165) is 0 Å². The van der Waals surface area contributed by atoms with E-state index in [2.05, 4.69) is 21.2 Å². The first-order chi connectivity index (χ1) is 8.74. The third-order valence-electron chi connectivity index (χ3n) is 2.80. The molecule has 1 amide bonds. The maximum atomic E-state index is 13.0. The standard InChI is InChI=1S/C13H15BrFNO3/c1-13(2,12(18)19)5-6-16-11(17)8-3-4-10(15)9(14)7-8/h3-4,7H,5-6H2,1-2H3,(H,16,17)(H,18,19). The Morgan fingerprint density at radius 2 is 2.05 bits per heavy atom. The van der Waals surface area contributed by atoms with Crippen LogP contribution in [0.2, 0.25) is 0 Å². The molecule has 0 saturated carbocycles. The third kappa shape index (κ3) is 4.31. The van der Waals surface area contributed by atoms with E-state index >= 15 is 0 Å². The minimum Gasteiger partial charge on any atom is -0.481 e. The van der Waals surface area contributed by atoms with Crippen molar-refractivity contribution >= 4 is 27.8 Å². The molecule has 104 valence electrons. The summed E-state index contributed by atoms with van der Waals surface area (Å²) in [4.78, 5) is 22.7. The molecule has 0 aliphatic carbocycles. The molecule has 0 saturated heterocycles. The summed E-state index contributed by atoms with van der Waals surface area (Å²) in [6.07, 6.45) is 0.316. The van der Waals surface area contributed by atoms with Crippen molar-refractivity contribution < 1.29 is 19.1 Å². The van der Waals surface area contributed by atoms with Gasteiger partial charge in [-0.3, -0.25) is 9.59 Å². The SMILES string of the molecule is CC(C)(CCNC(=O)c1ccc(F)c(Br)c1)C(=O)O. The number of aliphatic carboxylic acids is 1. The lowest BCUT2D eigenvalue weighted by molar-refractivity contribution is -0.147. The Kier molecular flexibility index (Phi) is 5.05. The largest absolute Gasteiger partial charge is 0.481 e. The fourth-order valence-corrected chi connectivity index (χ4v) is 1.71. The van der Waals surface area contributed by atoms with Crippen LogP contribution in [0.5, 0.6) is 0 Å². The van der Waals surface area contributed by atoms with Gasteiger partial charge >= 0.3 is 5.97 Å². The van der Waals surface area contributed by atoms with Gasteiger partial charge in [-0.05, 0) is 54.4 Å². The van der Waals surface area contributed by atoms with Gasteiger partial charge in [0.15, 0.2) is 0 Å². The molecule has 0 bridgehead atoms. The fourth-order valence-electron chi connectivity index (χ4n) is 1.33. The van der Waals surface area contributed by atoms with E-state index in [4.69, 9.17) is 5.11 Å². The number of hydrogen-bond acceptors (Lipinski definition) is 2. The molecular weight excluding hydrogens is 317 g/mol. The quantitative estimate of drug-likeness (QED) is 0.871. The van der Waals surface area contributed by atoms with Crippen molar-refractivity contribution in [3.8, 4) is 0 Å². The molecule has 1 aromatic rings. The van der Waals surface area contributed by atoms with Crippen molar-refractivity contribution in [1.82, 2.24) is 5.32 Å². The summed E-state index contributed by atoms with van der Waals surface area (Å²) in [6, 6.07) is 3.95. The number of carboxylic acid groups (broad SMARTS) is 1. The van der Waals surface area contributed by atoms with Crippen LogP contribution in [0.15, 0.2) is 22.7 Å². The molecule has 6 heteroatoms. The number of amides is 1. The first-order valence-electron chi connectivity index (χ1n) is 5.70. The number of nitrogens with one attached hydrogen (secondary N) is 1. The molecule has 0 radical (unpaired) electrons. The Bertz CT molecular complexity index is 503. The first kappa shape index (κ1) is 15.6. The third-order valence-corrected chi connectivity index (χ3v) is 3.40. The summed E-state index contributed by atoms with van der Waals surface area (Å²) < 4.78 is 13.2. The lowest BCUT2D eigenvalue weighted by Crippen LogP contribution is -2.31. The minimum absolute atomic E-state index is 0.214. The number of rotatable bonds is 5. The molecule has 0 aromatic heterocycles. The number of carboxylic acids is 1. The van der Waals surface area contributed by atoms with Gasteiger partial charge in [-0.2, -0.15) is 0 Å². The van der Waals surface area contributed by atoms with Crippen molar-refractivity contribution in [2.45, 2.75) is 20.3 Å². The highest BCUT2D eigenvalue weighted by Gasteiger charge is 2.26. The van der Waals surface area contributed by atoms with Gasteiger partial charge in [0.1, 0.15) is 5.82 Å². The maximum Gasteiger partial charge on any atom is 0.309 e. The second-order valence-corrected chi connectivity index (χ2v) is 5.68. The molecule has 2 N–H and O–H groups in total. The minimum atomic E-state index is -0.911. The van der Waals surface area contributed by atoms with E-state index in [1.807, 2.05) is 0 Å². The lowest BCUT2D eigenvalue weighted by atomic mass is 9.90. The van der Waals surface area contributed by atoms with Gasteiger partial charge in [-0.15, -0.1) is 0 Å². The van der Waals surface area contributed by atoms with Crippen molar-refractivity contribution in [3.63, 3.8) is 0 Å². The van der Waals surface area contributed by atoms with E-state index in [1.165, 1.54) is 18.2 Å². The molecule has 0 fully saturated rings. The zero-order chi connectivity index (χ0) is 14.6. The van der Waals surface area contributed by atoms with Crippen molar-refractivity contribution in [1.29, 1.82) is 0 Å². The molecule has 4 nitrogen and oxygen atoms in total. The highest BCUT2D eigenvalue weighted by Crippen LogP contribution is 2.20. The Hall–Kier alpha value is -1.43. The van der Waals surface area contributed by atoms with E-state index in [1.54, 1.807) is 13.8 Å². The maximum absolute atomic E-state index is 13.0. The predicted octanol–water partition coefficient (Wildman–Crippen LogP) is 2.82. The van der Waals surface area contributed by atoms with Crippen molar-refractivity contribution in [2.75, 3.05) is 6.54 Å². The number of carbonyl (C=O) groups excluding carboxylic acids is 1. The molecule has 1 aromatic carbocycles. The lowest BCUT2D eigenvalue weighted by Gasteiger charge is -2.18. The van der Waals surface area contributed by atoms with Gasteiger partial charge in [0, 0.05) is 12.1 Å². The molecule has 19 heavy (non-hydrogen) atoms. The van der Waals surface area contributed by atoms with Gasteiger partial charge in [-0.25, -0.2) is 4.39 Å².